The van der Waals surface area contributed by atoms with E-state index in [2.05, 4.69) is 20.3 Å². The normalized spacial score (nSPS) is 12.9. The Morgan fingerprint density at radius 2 is 1.78 bits per heavy atom. The van der Waals surface area contributed by atoms with Gasteiger partial charge in [-0.05, 0) is 32.9 Å². The van der Waals surface area contributed by atoms with Crippen molar-refractivity contribution in [3.8, 4) is 11.5 Å². The van der Waals surface area contributed by atoms with Gasteiger partial charge in [-0.2, -0.15) is 13.2 Å². The van der Waals surface area contributed by atoms with Crippen LogP contribution in [0.1, 0.15) is 43.6 Å². The molecule has 0 unspecified atom stereocenters. The van der Waals surface area contributed by atoms with Gasteiger partial charge in [0, 0.05) is 25.0 Å². The van der Waals surface area contributed by atoms with Gasteiger partial charge in [0.05, 0.1) is 21.8 Å². The zero-order valence-corrected chi connectivity index (χ0v) is 18.9. The van der Waals surface area contributed by atoms with E-state index in [0.29, 0.717) is 6.20 Å². The van der Waals surface area contributed by atoms with E-state index in [0.717, 1.165) is 6.07 Å². The van der Waals surface area contributed by atoms with E-state index in [-0.39, 0.29) is 38.9 Å². The lowest BCUT2D eigenvalue weighted by Gasteiger charge is -2.20. The van der Waals surface area contributed by atoms with Gasteiger partial charge in [-0.25, -0.2) is 18.4 Å². The molecule has 3 aromatic heterocycles. The summed E-state index contributed by atoms with van der Waals surface area (Å²) in [5.74, 6) is -0.765. The van der Waals surface area contributed by atoms with Crippen molar-refractivity contribution in [2.45, 2.75) is 44.3 Å². The summed E-state index contributed by atoms with van der Waals surface area (Å²) in [5.41, 5.74) is -1.50. The summed E-state index contributed by atoms with van der Waals surface area (Å²) in [6.07, 6.45) is -2.71. The largest absolute Gasteiger partial charge is 0.417 e. The standard InChI is InChI=1S/C20H22F3N5O3S/c1-6-32(30,31)14-7-11(18(29)27-19(2,3)4)9-24-15(14)17-26-13-8-12(20(21,22)23)10-25-16(13)28(17)5/h7-10H,6H2,1-5H3,(H,27,29). The summed E-state index contributed by atoms with van der Waals surface area (Å²) >= 11 is 0. The number of fused-ring (bicyclic) bond motifs is 1. The average Bonchev–Trinajstić information content (AvgIpc) is 3.01. The molecule has 12 heteroatoms. The molecule has 1 amide bonds. The Hall–Kier alpha value is -3.02. The number of aromatic nitrogens is 4. The third-order valence-corrected chi connectivity index (χ3v) is 6.31. The van der Waals surface area contributed by atoms with Crippen LogP contribution in [0.25, 0.3) is 22.7 Å². The molecule has 0 aliphatic rings. The topological polar surface area (TPSA) is 107 Å². The number of sulfone groups is 1. The van der Waals surface area contributed by atoms with Crippen LogP contribution in [0.4, 0.5) is 13.2 Å². The number of hydrogen-bond acceptors (Lipinski definition) is 6. The van der Waals surface area contributed by atoms with Crippen molar-refractivity contribution in [1.29, 1.82) is 0 Å². The van der Waals surface area contributed by atoms with Crippen LogP contribution >= 0.6 is 0 Å². The fourth-order valence-corrected chi connectivity index (χ4v) is 4.04. The maximum absolute atomic E-state index is 13.0. The SMILES string of the molecule is CCS(=O)(=O)c1cc(C(=O)NC(C)(C)C)cnc1-c1nc2cc(C(F)(F)F)cnc2n1C. The average molecular weight is 469 g/mol. The Bertz CT molecular complexity index is 1310. The molecule has 172 valence electrons. The van der Waals surface area contributed by atoms with E-state index in [9.17, 15) is 26.4 Å². The number of alkyl halides is 3. The Labute approximate surface area is 182 Å². The molecule has 0 radical (unpaired) electrons. The number of carbonyl (C=O) groups is 1. The highest BCUT2D eigenvalue weighted by atomic mass is 32.2. The van der Waals surface area contributed by atoms with Crippen LogP contribution in [0.3, 0.4) is 0 Å². The fraction of sp³-hybridized carbons (Fsp3) is 0.400. The van der Waals surface area contributed by atoms with Crippen molar-refractivity contribution in [2.24, 2.45) is 7.05 Å². The predicted octanol–water partition coefficient (Wildman–Crippen LogP) is 3.37. The first-order valence-corrected chi connectivity index (χ1v) is 11.2. The Balaban J connectivity index is 2.22. The Kier molecular flexibility index (Phi) is 5.79. The molecule has 3 aromatic rings. The van der Waals surface area contributed by atoms with Gasteiger partial charge < -0.3 is 9.88 Å². The van der Waals surface area contributed by atoms with Crippen molar-refractivity contribution < 1.29 is 26.4 Å². The quantitative estimate of drug-likeness (QED) is 0.628. The molecule has 0 aliphatic heterocycles. The number of amides is 1. The molecule has 1 N–H and O–H groups in total. The highest BCUT2D eigenvalue weighted by molar-refractivity contribution is 7.91. The van der Waals surface area contributed by atoms with E-state index in [1.807, 2.05) is 0 Å². The van der Waals surface area contributed by atoms with Crippen LogP contribution in [0, 0.1) is 0 Å². The second kappa shape index (κ2) is 7.84. The summed E-state index contributed by atoms with van der Waals surface area (Å²) in [7, 11) is -2.36. The first-order chi connectivity index (χ1) is 14.6. The van der Waals surface area contributed by atoms with Crippen LogP contribution in [0.5, 0.6) is 0 Å². The van der Waals surface area contributed by atoms with Crippen molar-refractivity contribution >= 4 is 26.9 Å². The van der Waals surface area contributed by atoms with Gasteiger partial charge in [0.2, 0.25) is 0 Å². The molecule has 32 heavy (non-hydrogen) atoms. The van der Waals surface area contributed by atoms with Crippen LogP contribution in [-0.4, -0.2) is 45.1 Å². The molecule has 0 saturated carbocycles. The van der Waals surface area contributed by atoms with E-state index in [4.69, 9.17) is 0 Å². The smallest absolute Gasteiger partial charge is 0.347 e. The minimum Gasteiger partial charge on any atom is -0.347 e. The van der Waals surface area contributed by atoms with Gasteiger partial charge in [0.15, 0.2) is 21.3 Å². The van der Waals surface area contributed by atoms with Gasteiger partial charge in [-0.1, -0.05) is 6.92 Å². The number of rotatable bonds is 4. The second-order valence-electron chi connectivity index (χ2n) is 8.24. The van der Waals surface area contributed by atoms with Crippen LogP contribution in [-0.2, 0) is 23.1 Å². The van der Waals surface area contributed by atoms with Crippen LogP contribution in [0.2, 0.25) is 0 Å². The Morgan fingerprint density at radius 1 is 1.12 bits per heavy atom. The number of nitrogens with zero attached hydrogens (tertiary/aromatic N) is 4. The van der Waals surface area contributed by atoms with E-state index in [1.54, 1.807) is 20.8 Å². The Morgan fingerprint density at radius 3 is 2.34 bits per heavy atom. The minimum atomic E-state index is -4.60. The van der Waals surface area contributed by atoms with Gasteiger partial charge in [0.1, 0.15) is 11.2 Å². The third-order valence-electron chi connectivity index (χ3n) is 4.57. The van der Waals surface area contributed by atoms with Crippen LogP contribution in [0.15, 0.2) is 29.4 Å². The second-order valence-corrected chi connectivity index (χ2v) is 10.5. The van der Waals surface area contributed by atoms with Crippen molar-refractivity contribution in [3.63, 3.8) is 0 Å². The first-order valence-electron chi connectivity index (χ1n) is 9.59. The molecule has 0 saturated heterocycles. The maximum atomic E-state index is 13.0. The summed E-state index contributed by atoms with van der Waals surface area (Å²) in [6.45, 7) is 6.77. The fourth-order valence-electron chi connectivity index (χ4n) is 2.98. The lowest BCUT2D eigenvalue weighted by Crippen LogP contribution is -2.40. The molecular weight excluding hydrogens is 447 g/mol. The number of halogens is 3. The number of carbonyl (C=O) groups excluding carboxylic acids is 1. The highest BCUT2D eigenvalue weighted by Gasteiger charge is 2.32. The van der Waals surface area contributed by atoms with Gasteiger partial charge in [-0.3, -0.25) is 9.78 Å². The summed E-state index contributed by atoms with van der Waals surface area (Å²) < 4.78 is 66.1. The monoisotopic (exact) mass is 469 g/mol. The minimum absolute atomic E-state index is 0.0154. The molecule has 3 rings (SSSR count). The van der Waals surface area contributed by atoms with Crippen molar-refractivity contribution in [1.82, 2.24) is 24.8 Å². The number of hydrogen-bond donors (Lipinski definition) is 1. The maximum Gasteiger partial charge on any atom is 0.417 e. The van der Waals surface area contributed by atoms with E-state index >= 15 is 0 Å². The number of nitrogens with one attached hydrogen (secondary N) is 1. The lowest BCUT2D eigenvalue weighted by atomic mass is 10.1. The van der Waals surface area contributed by atoms with Gasteiger partial charge in [-0.15, -0.1) is 0 Å². The number of imidazole rings is 1. The zero-order valence-electron chi connectivity index (χ0n) is 18.1. The summed E-state index contributed by atoms with van der Waals surface area (Å²) in [5, 5.41) is 2.73. The number of aryl methyl sites for hydroxylation is 1. The molecule has 0 aromatic carbocycles. The molecule has 0 aliphatic carbocycles. The molecule has 8 nitrogen and oxygen atoms in total. The molecular formula is C20H22F3N5O3S. The number of pyridine rings is 2. The molecule has 0 fully saturated rings. The van der Waals surface area contributed by atoms with E-state index < -0.39 is 33.0 Å². The first kappa shape index (κ1) is 23.6. The van der Waals surface area contributed by atoms with Crippen LogP contribution < -0.4 is 5.32 Å². The molecule has 0 bridgehead atoms. The van der Waals surface area contributed by atoms with Gasteiger partial charge >= 0.3 is 6.18 Å². The molecule has 0 atom stereocenters. The third kappa shape index (κ3) is 4.59. The lowest BCUT2D eigenvalue weighted by molar-refractivity contribution is -0.137. The zero-order chi connectivity index (χ0) is 24.1. The van der Waals surface area contributed by atoms with Gasteiger partial charge in [0.25, 0.3) is 5.91 Å². The van der Waals surface area contributed by atoms with Crippen molar-refractivity contribution in [3.05, 3.63) is 35.7 Å². The highest BCUT2D eigenvalue weighted by Crippen LogP contribution is 2.32. The predicted molar refractivity (Wildman–Crippen MR) is 112 cm³/mol. The molecule has 3 heterocycles. The summed E-state index contributed by atoms with van der Waals surface area (Å²) in [6, 6.07) is 2.04. The van der Waals surface area contributed by atoms with Crippen molar-refractivity contribution in [2.75, 3.05) is 5.75 Å². The summed E-state index contributed by atoms with van der Waals surface area (Å²) in [4.78, 5) is 24.5. The van der Waals surface area contributed by atoms with E-state index in [1.165, 1.54) is 30.8 Å². The molecule has 0 spiro atoms.